The predicted molar refractivity (Wildman–Crippen MR) is 92.4 cm³/mol. The smallest absolute Gasteiger partial charge is 0.243 e. The fourth-order valence-electron chi connectivity index (χ4n) is 3.73. The molecule has 1 saturated heterocycles. The number of likely N-dealkylation sites (tertiary alicyclic amines) is 1. The number of nitrogens with zero attached hydrogens (tertiary/aromatic N) is 2. The van der Waals surface area contributed by atoms with E-state index in [2.05, 4.69) is 20.5 Å². The maximum absolute atomic E-state index is 12.3. The topological polar surface area (TPSA) is 74.3 Å². The molecule has 2 heterocycles. The van der Waals surface area contributed by atoms with Crippen LogP contribution < -0.4 is 10.6 Å². The summed E-state index contributed by atoms with van der Waals surface area (Å²) in [6.07, 6.45) is 10.6. The molecule has 6 heteroatoms. The van der Waals surface area contributed by atoms with E-state index in [1.54, 1.807) is 24.5 Å². The van der Waals surface area contributed by atoms with Gasteiger partial charge in [0.05, 0.1) is 24.3 Å². The van der Waals surface area contributed by atoms with Crippen molar-refractivity contribution in [3.8, 4) is 0 Å². The molecule has 0 spiro atoms. The summed E-state index contributed by atoms with van der Waals surface area (Å²) in [5.41, 5.74) is 0.640. The van der Waals surface area contributed by atoms with Gasteiger partial charge >= 0.3 is 0 Å². The molecule has 0 bridgehead atoms. The van der Waals surface area contributed by atoms with Gasteiger partial charge in [0.1, 0.15) is 0 Å². The zero-order chi connectivity index (χ0) is 16.8. The average molecular weight is 330 g/mol. The van der Waals surface area contributed by atoms with E-state index in [9.17, 15) is 9.59 Å². The SMILES string of the molecule is O=C(CNC(=O)[C@H]1CCN(C2CCCCC2)C1)Nc1cccnc1. The van der Waals surface area contributed by atoms with Crippen molar-refractivity contribution in [3.05, 3.63) is 24.5 Å². The first-order valence-electron chi connectivity index (χ1n) is 8.94. The fraction of sp³-hybridized carbons (Fsp3) is 0.611. The molecule has 1 saturated carbocycles. The number of hydrogen-bond donors (Lipinski definition) is 2. The minimum absolute atomic E-state index is 0.00496. The van der Waals surface area contributed by atoms with E-state index in [0.29, 0.717) is 11.7 Å². The second-order valence-electron chi connectivity index (χ2n) is 6.78. The highest BCUT2D eigenvalue weighted by Crippen LogP contribution is 2.27. The van der Waals surface area contributed by atoms with Crippen molar-refractivity contribution in [2.45, 2.75) is 44.6 Å². The van der Waals surface area contributed by atoms with Gasteiger partial charge < -0.3 is 10.6 Å². The van der Waals surface area contributed by atoms with E-state index >= 15 is 0 Å². The van der Waals surface area contributed by atoms with Crippen molar-refractivity contribution < 1.29 is 9.59 Å². The molecule has 0 aromatic carbocycles. The second-order valence-corrected chi connectivity index (χ2v) is 6.78. The van der Waals surface area contributed by atoms with Gasteiger partial charge in [-0.25, -0.2) is 0 Å². The van der Waals surface area contributed by atoms with E-state index in [-0.39, 0.29) is 24.3 Å². The Labute approximate surface area is 143 Å². The molecule has 130 valence electrons. The quantitative estimate of drug-likeness (QED) is 0.863. The molecule has 0 radical (unpaired) electrons. The normalized spacial score (nSPS) is 22.2. The monoisotopic (exact) mass is 330 g/mol. The Balaban J connectivity index is 1.40. The summed E-state index contributed by atoms with van der Waals surface area (Å²) in [6.45, 7) is 1.85. The number of aromatic nitrogens is 1. The van der Waals surface area contributed by atoms with Crippen LogP contribution >= 0.6 is 0 Å². The first-order valence-corrected chi connectivity index (χ1v) is 8.94. The molecule has 0 unspecified atom stereocenters. The summed E-state index contributed by atoms with van der Waals surface area (Å²) in [6, 6.07) is 4.18. The molecule has 1 aliphatic carbocycles. The predicted octanol–water partition coefficient (Wildman–Crippen LogP) is 1.79. The number of carbonyl (C=O) groups excluding carboxylic acids is 2. The second kappa shape index (κ2) is 8.24. The van der Waals surface area contributed by atoms with Crippen LogP contribution in [0.4, 0.5) is 5.69 Å². The van der Waals surface area contributed by atoms with Crippen molar-refractivity contribution >= 4 is 17.5 Å². The molecule has 1 aromatic heterocycles. The summed E-state index contributed by atoms with van der Waals surface area (Å²) in [4.78, 5) is 30.6. The molecule has 1 aliphatic heterocycles. The van der Waals surface area contributed by atoms with Gasteiger partial charge in [-0.15, -0.1) is 0 Å². The fourth-order valence-corrected chi connectivity index (χ4v) is 3.73. The standard InChI is InChI=1S/C18H26N4O2/c23-17(21-15-5-4-9-19-11-15)12-20-18(24)14-8-10-22(13-14)16-6-2-1-3-7-16/h4-5,9,11,14,16H,1-3,6-8,10,12-13H2,(H,20,24)(H,21,23)/t14-/m0/s1. The van der Waals surface area contributed by atoms with Gasteiger partial charge in [-0.1, -0.05) is 19.3 Å². The first kappa shape index (κ1) is 16.9. The largest absolute Gasteiger partial charge is 0.347 e. The molecule has 24 heavy (non-hydrogen) atoms. The van der Waals surface area contributed by atoms with Crippen molar-refractivity contribution in [2.24, 2.45) is 5.92 Å². The Morgan fingerprint density at radius 1 is 1.21 bits per heavy atom. The minimum Gasteiger partial charge on any atom is -0.347 e. The van der Waals surface area contributed by atoms with E-state index in [1.807, 2.05) is 0 Å². The van der Waals surface area contributed by atoms with Crippen LogP contribution in [-0.2, 0) is 9.59 Å². The number of hydrogen-bond acceptors (Lipinski definition) is 4. The van der Waals surface area contributed by atoms with Gasteiger partial charge in [0.2, 0.25) is 11.8 Å². The molecule has 1 atom stereocenters. The van der Waals surface area contributed by atoms with E-state index in [1.165, 1.54) is 32.1 Å². The van der Waals surface area contributed by atoms with Crippen LogP contribution in [0.1, 0.15) is 38.5 Å². The Kier molecular flexibility index (Phi) is 5.80. The van der Waals surface area contributed by atoms with Crippen molar-refractivity contribution in [1.29, 1.82) is 0 Å². The molecule has 3 rings (SSSR count). The van der Waals surface area contributed by atoms with Crippen molar-refractivity contribution in [3.63, 3.8) is 0 Å². The highest BCUT2D eigenvalue weighted by Gasteiger charge is 2.32. The Morgan fingerprint density at radius 3 is 2.79 bits per heavy atom. The van der Waals surface area contributed by atoms with Crippen LogP contribution in [0.15, 0.2) is 24.5 Å². The number of pyridine rings is 1. The Bertz CT molecular complexity index is 557. The molecular weight excluding hydrogens is 304 g/mol. The van der Waals surface area contributed by atoms with Gasteiger partial charge in [-0.3, -0.25) is 19.5 Å². The zero-order valence-corrected chi connectivity index (χ0v) is 14.0. The highest BCUT2D eigenvalue weighted by atomic mass is 16.2. The molecule has 2 amide bonds. The van der Waals surface area contributed by atoms with Crippen LogP contribution in [0.25, 0.3) is 0 Å². The van der Waals surface area contributed by atoms with Crippen molar-refractivity contribution in [2.75, 3.05) is 25.0 Å². The zero-order valence-electron chi connectivity index (χ0n) is 14.0. The number of nitrogens with one attached hydrogen (secondary N) is 2. The third kappa shape index (κ3) is 4.54. The molecule has 2 N–H and O–H groups in total. The molecular formula is C18H26N4O2. The van der Waals surface area contributed by atoms with Gasteiger partial charge in [-0.05, 0) is 37.9 Å². The minimum atomic E-state index is -0.224. The van der Waals surface area contributed by atoms with Crippen LogP contribution in [0.5, 0.6) is 0 Å². The number of amides is 2. The number of rotatable bonds is 5. The number of anilines is 1. The van der Waals surface area contributed by atoms with Gasteiger partial charge in [0.15, 0.2) is 0 Å². The Morgan fingerprint density at radius 2 is 2.04 bits per heavy atom. The summed E-state index contributed by atoms with van der Waals surface area (Å²) >= 11 is 0. The lowest BCUT2D eigenvalue weighted by Gasteiger charge is -2.30. The summed E-state index contributed by atoms with van der Waals surface area (Å²) in [5, 5.41) is 5.49. The van der Waals surface area contributed by atoms with E-state index in [4.69, 9.17) is 0 Å². The third-order valence-electron chi connectivity index (χ3n) is 5.05. The summed E-state index contributed by atoms with van der Waals surface area (Å²) in [7, 11) is 0. The molecule has 2 fully saturated rings. The lowest BCUT2D eigenvalue weighted by Crippen LogP contribution is -2.39. The Hall–Kier alpha value is -1.95. The van der Waals surface area contributed by atoms with Crippen LogP contribution in [0.3, 0.4) is 0 Å². The van der Waals surface area contributed by atoms with Crippen LogP contribution in [-0.4, -0.2) is 47.4 Å². The lowest BCUT2D eigenvalue weighted by atomic mass is 9.94. The average Bonchev–Trinajstić information content (AvgIpc) is 3.11. The van der Waals surface area contributed by atoms with E-state index in [0.717, 1.165) is 19.5 Å². The molecule has 1 aromatic rings. The first-order chi connectivity index (χ1) is 11.7. The maximum atomic E-state index is 12.3. The molecule has 6 nitrogen and oxygen atoms in total. The number of carbonyl (C=O) groups is 2. The van der Waals surface area contributed by atoms with Crippen molar-refractivity contribution in [1.82, 2.24) is 15.2 Å². The molecule has 2 aliphatic rings. The maximum Gasteiger partial charge on any atom is 0.243 e. The van der Waals surface area contributed by atoms with Crippen LogP contribution in [0, 0.1) is 5.92 Å². The van der Waals surface area contributed by atoms with Gasteiger partial charge in [0, 0.05) is 18.8 Å². The van der Waals surface area contributed by atoms with Crippen LogP contribution in [0.2, 0.25) is 0 Å². The summed E-state index contributed by atoms with van der Waals surface area (Å²) in [5.74, 6) is -0.216. The summed E-state index contributed by atoms with van der Waals surface area (Å²) < 4.78 is 0. The van der Waals surface area contributed by atoms with E-state index < -0.39 is 0 Å². The van der Waals surface area contributed by atoms with Gasteiger partial charge in [-0.2, -0.15) is 0 Å². The third-order valence-corrected chi connectivity index (χ3v) is 5.05. The highest BCUT2D eigenvalue weighted by molar-refractivity contribution is 5.94. The lowest BCUT2D eigenvalue weighted by molar-refractivity contribution is -0.127. The van der Waals surface area contributed by atoms with Gasteiger partial charge in [0.25, 0.3) is 0 Å².